The van der Waals surface area contributed by atoms with Crippen molar-refractivity contribution in [3.63, 3.8) is 0 Å². The van der Waals surface area contributed by atoms with Crippen molar-refractivity contribution in [1.82, 2.24) is 0 Å². The number of aliphatic hydroxyl groups is 9. The van der Waals surface area contributed by atoms with Crippen molar-refractivity contribution in [2.75, 3.05) is 26.4 Å². The minimum absolute atomic E-state index is 0.171. The van der Waals surface area contributed by atoms with Crippen molar-refractivity contribution in [3.05, 3.63) is 148 Å². The molecule has 714 valence electrons. The zero-order valence-electron chi connectivity index (χ0n) is 82.7. The quantitative estimate of drug-likeness (QED) is 0.0348. The molecule has 14 aliphatic rings. The van der Waals surface area contributed by atoms with Crippen LogP contribution in [0.2, 0.25) is 0 Å². The lowest BCUT2D eigenvalue weighted by molar-refractivity contribution is -0.0478. The Bertz CT molecular complexity index is 3990. The van der Waals surface area contributed by atoms with E-state index < -0.39 is 30.0 Å². The molecule has 0 aliphatic heterocycles. The molecule has 14 aliphatic carbocycles. The topological polar surface area (TPSA) is 219 Å². The van der Waals surface area contributed by atoms with Gasteiger partial charge >= 0.3 is 0 Å². The third-order valence-electron chi connectivity index (χ3n) is 37.4. The minimum Gasteiger partial charge on any atom is -0.493 e. The van der Waals surface area contributed by atoms with Crippen LogP contribution < -0.4 is 4.74 Å². The van der Waals surface area contributed by atoms with Crippen LogP contribution in [0, 0.1) is 102 Å². The average molecular weight is 1760 g/mol. The summed E-state index contributed by atoms with van der Waals surface area (Å²) in [6, 6.07) is 10.2. The molecule has 0 heterocycles. The minimum atomic E-state index is -0.630. The lowest BCUT2D eigenvalue weighted by Crippen LogP contribution is -2.39. The molecule has 0 bridgehead atoms. The Hall–Kier alpha value is -4.06. The highest BCUT2D eigenvalue weighted by Crippen LogP contribution is 2.65. The van der Waals surface area contributed by atoms with E-state index in [1.807, 2.05) is 30.3 Å². The maximum absolute atomic E-state index is 10.6. The highest BCUT2D eigenvalue weighted by atomic mass is 16.5. The van der Waals surface area contributed by atoms with Gasteiger partial charge in [0, 0.05) is 30.7 Å². The van der Waals surface area contributed by atoms with Crippen LogP contribution >= 0.6 is 0 Å². The first kappa shape index (κ1) is 102. The molecule has 0 radical (unpaired) electrons. The molecule has 2 spiro atoms. The molecular formula is C114H180O13. The molecule has 0 saturated heterocycles. The van der Waals surface area contributed by atoms with Crippen molar-refractivity contribution >= 4 is 0 Å². The van der Waals surface area contributed by atoms with Gasteiger partial charge in [0.2, 0.25) is 0 Å². The van der Waals surface area contributed by atoms with Crippen LogP contribution in [0.3, 0.4) is 0 Å². The fraction of sp³-hybridized carbons (Fsp3) is 0.772. The molecule has 1 aromatic rings. The number of benzene rings is 1. The summed E-state index contributed by atoms with van der Waals surface area (Å²) < 4.78 is 25.3. The van der Waals surface area contributed by atoms with Crippen LogP contribution in [-0.2, 0) is 14.2 Å². The molecule has 9 N–H and O–H groups in total. The van der Waals surface area contributed by atoms with Gasteiger partial charge in [0.1, 0.15) is 5.75 Å². The smallest absolute Gasteiger partial charge is 0.119 e. The monoisotopic (exact) mass is 1760 g/mol. The van der Waals surface area contributed by atoms with E-state index >= 15 is 0 Å². The van der Waals surface area contributed by atoms with Gasteiger partial charge in [0.25, 0.3) is 0 Å². The summed E-state index contributed by atoms with van der Waals surface area (Å²) in [5.41, 5.74) is 13.1. The number of aliphatic hydroxyl groups excluding tert-OH is 8. The van der Waals surface area contributed by atoms with Gasteiger partial charge in [-0.15, -0.1) is 0 Å². The summed E-state index contributed by atoms with van der Waals surface area (Å²) in [5, 5.41) is 93.4. The number of para-hydroxylation sites is 1. The van der Waals surface area contributed by atoms with Crippen LogP contribution in [0.4, 0.5) is 0 Å². The van der Waals surface area contributed by atoms with Gasteiger partial charge in [0.15, 0.2) is 0 Å². The Balaban J connectivity index is 0.000000154. The zero-order chi connectivity index (χ0) is 92.0. The Labute approximate surface area is 770 Å². The number of fused-ring (bicyclic) bond motifs is 4. The van der Waals surface area contributed by atoms with Gasteiger partial charge in [-0.05, 0) is 373 Å². The second kappa shape index (κ2) is 42.9. The van der Waals surface area contributed by atoms with E-state index in [1.54, 1.807) is 16.7 Å². The third kappa shape index (κ3) is 23.9. The van der Waals surface area contributed by atoms with E-state index in [0.29, 0.717) is 130 Å². The summed E-state index contributed by atoms with van der Waals surface area (Å²) >= 11 is 0. The predicted octanol–water partition coefficient (Wildman–Crippen LogP) is 24.3. The number of allylic oxidation sites excluding steroid dienone is 12. The zero-order valence-corrected chi connectivity index (χ0v) is 82.7. The summed E-state index contributed by atoms with van der Waals surface area (Å²) in [4.78, 5) is 0. The number of hydrogen-bond acceptors (Lipinski definition) is 13. The van der Waals surface area contributed by atoms with E-state index in [-0.39, 0.29) is 52.2 Å². The fourth-order valence-corrected chi connectivity index (χ4v) is 27.6. The lowest BCUT2D eigenvalue weighted by atomic mass is 9.61. The first-order valence-corrected chi connectivity index (χ1v) is 51.6. The second-order valence-electron chi connectivity index (χ2n) is 47.4. The molecule has 13 heteroatoms. The lowest BCUT2D eigenvalue weighted by Gasteiger charge is -2.44. The van der Waals surface area contributed by atoms with Crippen LogP contribution in [0.1, 0.15) is 355 Å². The van der Waals surface area contributed by atoms with Gasteiger partial charge in [-0.25, -0.2) is 0 Å². The molecule has 0 aromatic heterocycles. The van der Waals surface area contributed by atoms with Gasteiger partial charge in [-0.2, -0.15) is 0 Å². The normalized spacial score (nSPS) is 37.5. The molecule has 0 amide bonds. The molecule has 1 aromatic carbocycles. The standard InChI is InChI=1S/C29H48O4.C29H48O3.C28H46O3.C28H38O3/c1-6-29(32,7-2)16-9-17-33-21(4)24-13-14-25-23(10-8-15-28(24,25)5)12-11-22-18-26(30)20(3)27(31)19-22;1-19(27(3,4)5)18-32-20(2)23-11-12-24-22(8-7-13-28(23,24)6)10-9-21-16-25(30)29(14-15-29)26(31)17-21;1-19(31-16-15-26(2,3)4)22-10-11-23-21(7-6-12-27(22,23)5)9-8-20-17-24(29)28(13-14-28)25(30)18-20;1-19(18-31-23-9-5-4-6-10-23)24-13-14-25-22(8-7-15-28(24,25)3)12-11-21-16-26(29)20(2)27(30)17-21/h11-12,21,24-27,30-32H,3,6-10,13-19H2,1-2,4-5H3;9-10,19-20,23-26,30-31H,7-8,11-18H2,1-6H3;8-9,19,22-25,29-30H,6-7,10-18H2,1-5H3;4-6,9-12,19,24-27,29-30H,2,7-8,13-18H2,1,3H3/b23-12+;22-10+;21-9+;22-12+/t21-,24?,25?,26-,27-,28?;19-,20+,23?,24?,25+,26+,28?;19-,22?,23?,24-,25-,27?;19-,24-,25?,26-,27-,28?/m1011/s1. The first-order chi connectivity index (χ1) is 60.0. The maximum atomic E-state index is 10.6. The number of ether oxygens (including phenoxy) is 4. The predicted molar refractivity (Wildman–Crippen MR) is 519 cm³/mol. The molecule has 14 fully saturated rings. The van der Waals surface area contributed by atoms with Crippen LogP contribution in [-0.4, -0.2) is 145 Å². The van der Waals surface area contributed by atoms with Crippen LogP contribution in [0.5, 0.6) is 5.75 Å². The van der Waals surface area contributed by atoms with Crippen molar-refractivity contribution in [2.24, 2.45) is 102 Å². The largest absolute Gasteiger partial charge is 0.493 e. The average Bonchev–Trinajstić information content (AvgIpc) is 1.62. The Morgan fingerprint density at radius 1 is 0.402 bits per heavy atom. The van der Waals surface area contributed by atoms with E-state index in [1.165, 1.54) is 139 Å². The van der Waals surface area contributed by atoms with Gasteiger partial charge in [-0.1, -0.05) is 221 Å². The van der Waals surface area contributed by atoms with E-state index in [9.17, 15) is 46.0 Å². The number of rotatable bonds is 24. The van der Waals surface area contributed by atoms with Crippen molar-refractivity contribution < 1.29 is 64.9 Å². The van der Waals surface area contributed by atoms with Crippen LogP contribution in [0.15, 0.2) is 148 Å². The van der Waals surface area contributed by atoms with Crippen molar-refractivity contribution in [2.45, 2.75) is 428 Å². The molecule has 13 nitrogen and oxygen atoms in total. The molecule has 127 heavy (non-hydrogen) atoms. The summed E-state index contributed by atoms with van der Waals surface area (Å²) in [6.07, 6.45) is 53.7. The third-order valence-corrected chi connectivity index (χ3v) is 37.4. The molecule has 14 saturated carbocycles. The highest BCUT2D eigenvalue weighted by molar-refractivity contribution is 5.35. The van der Waals surface area contributed by atoms with Gasteiger partial charge in [0.05, 0.1) is 79.4 Å². The molecule has 11 unspecified atom stereocenters. The van der Waals surface area contributed by atoms with Gasteiger partial charge < -0.3 is 64.9 Å². The summed E-state index contributed by atoms with van der Waals surface area (Å²) in [7, 11) is 0. The summed E-state index contributed by atoms with van der Waals surface area (Å²) in [6.45, 7) is 50.3. The Morgan fingerprint density at radius 2 is 0.724 bits per heavy atom. The Morgan fingerprint density at radius 3 is 1.06 bits per heavy atom. The molecule has 25 atom stereocenters. The molecular weight excluding hydrogens is 1580 g/mol. The van der Waals surface area contributed by atoms with E-state index in [2.05, 4.69) is 179 Å². The summed E-state index contributed by atoms with van der Waals surface area (Å²) in [5.74, 6) is 7.10. The molecule has 15 rings (SSSR count). The van der Waals surface area contributed by atoms with Crippen molar-refractivity contribution in [1.29, 1.82) is 0 Å². The van der Waals surface area contributed by atoms with E-state index in [4.69, 9.17) is 18.9 Å². The van der Waals surface area contributed by atoms with Crippen molar-refractivity contribution in [3.8, 4) is 5.75 Å². The number of hydrogen-bond donors (Lipinski definition) is 9. The van der Waals surface area contributed by atoms with Crippen LogP contribution in [0.25, 0.3) is 0 Å². The first-order valence-electron chi connectivity index (χ1n) is 51.6. The highest BCUT2D eigenvalue weighted by Gasteiger charge is 2.60. The Kier molecular flexibility index (Phi) is 34.4. The second-order valence-corrected chi connectivity index (χ2v) is 47.4. The van der Waals surface area contributed by atoms with Gasteiger partial charge in [-0.3, -0.25) is 0 Å². The maximum Gasteiger partial charge on any atom is 0.119 e. The SMILES string of the molecule is C=C1[C@H](O)CC(=C/C=C2\CCCC3(C)C2CCC3[C@@H](C)OCCCC(O)(CC)CC)C[C@H]1O.C=C1[C@H](O)CC(=C/C=C2\CCCC3(C)C2CC[C@@H]3[C@H](C)COc2ccccc2)C[C@H]1O.C[C@@H](OCCC(C)(C)C)C1CCC2/C(=C/C=C3C[C@@H](O)C4(CC4)[C@H](O)C3)CCCC21C.C[C@@H](OC[C@H](C)C(C)(C)C)C1CCC2/C(=C/C=C3C[C@@H](O)C4(CC4)[C@H](O)C3)CCCC21C. The van der Waals surface area contributed by atoms with E-state index in [0.717, 1.165) is 133 Å². The fourth-order valence-electron chi connectivity index (χ4n) is 27.6.